The number of carbonyl (C=O) groups excluding carboxylic acids is 2. The minimum atomic E-state index is -4.37. The highest BCUT2D eigenvalue weighted by atomic mass is 31.2. The summed E-state index contributed by atoms with van der Waals surface area (Å²) in [5.41, 5.74) is 5.31. The van der Waals surface area contributed by atoms with Crippen LogP contribution in [0.25, 0.3) is 0 Å². The lowest BCUT2D eigenvalue weighted by atomic mass is 10.1. The highest BCUT2D eigenvalue weighted by Gasteiger charge is 2.25. The predicted molar refractivity (Wildman–Crippen MR) is 183 cm³/mol. The van der Waals surface area contributed by atoms with Crippen molar-refractivity contribution in [2.75, 3.05) is 26.4 Å². The second kappa shape index (κ2) is 31.9. The zero-order valence-corrected chi connectivity index (χ0v) is 29.0. The lowest BCUT2D eigenvalue weighted by molar-refractivity contribution is -0.161. The third-order valence-corrected chi connectivity index (χ3v) is 7.68. The average Bonchev–Trinajstić information content (AvgIpc) is 3.02. The first-order valence-corrected chi connectivity index (χ1v) is 18.6. The molecule has 0 fully saturated rings. The number of nitrogens with two attached hydrogens (primary N) is 1. The quantitative estimate of drug-likeness (QED) is 0.0325. The van der Waals surface area contributed by atoms with E-state index in [4.69, 9.17) is 24.3 Å². The van der Waals surface area contributed by atoms with E-state index in [2.05, 4.69) is 62.5 Å². The Morgan fingerprint density at radius 2 is 1.20 bits per heavy atom. The van der Waals surface area contributed by atoms with Gasteiger partial charge in [0.25, 0.3) is 0 Å². The first-order valence-electron chi connectivity index (χ1n) is 17.1. The van der Waals surface area contributed by atoms with E-state index in [0.717, 1.165) is 70.6 Å². The van der Waals surface area contributed by atoms with Gasteiger partial charge in [-0.15, -0.1) is 0 Å². The summed E-state index contributed by atoms with van der Waals surface area (Å²) in [6.45, 7) is 3.54. The number of phosphoric ester groups is 1. The molecule has 0 aromatic rings. The molecule has 0 spiro atoms. The molecule has 0 aliphatic carbocycles. The van der Waals surface area contributed by atoms with Crippen LogP contribution in [0.5, 0.6) is 0 Å². The van der Waals surface area contributed by atoms with Gasteiger partial charge in [-0.3, -0.25) is 18.6 Å². The Bertz CT molecular complexity index is 887. The van der Waals surface area contributed by atoms with Crippen molar-refractivity contribution < 1.29 is 37.6 Å². The Hall–Kier alpha value is -2.03. The number of phosphoric acid groups is 1. The molecule has 0 radical (unpaired) electrons. The zero-order chi connectivity index (χ0) is 33.3. The number of esters is 2. The van der Waals surface area contributed by atoms with Crippen LogP contribution in [0.2, 0.25) is 0 Å². The van der Waals surface area contributed by atoms with Crippen LogP contribution >= 0.6 is 7.82 Å². The van der Waals surface area contributed by atoms with E-state index in [9.17, 15) is 19.0 Å². The molecule has 0 aromatic carbocycles. The molecular weight excluding hydrogens is 593 g/mol. The Morgan fingerprint density at radius 1 is 0.667 bits per heavy atom. The summed E-state index contributed by atoms with van der Waals surface area (Å²) < 4.78 is 32.4. The molecule has 10 heteroatoms. The molecule has 0 saturated carbocycles. The molecule has 0 heterocycles. The van der Waals surface area contributed by atoms with Crippen LogP contribution in [-0.2, 0) is 32.7 Å². The molecule has 0 aliphatic heterocycles. The van der Waals surface area contributed by atoms with Crippen LogP contribution in [0, 0.1) is 0 Å². The monoisotopic (exact) mass is 655 g/mol. The lowest BCUT2D eigenvalue weighted by Gasteiger charge is -2.19. The van der Waals surface area contributed by atoms with E-state index in [1.165, 1.54) is 25.7 Å². The second-order valence-corrected chi connectivity index (χ2v) is 12.5. The lowest BCUT2D eigenvalue weighted by Crippen LogP contribution is -2.29. The predicted octanol–water partition coefficient (Wildman–Crippen LogP) is 8.82. The topological polar surface area (TPSA) is 134 Å². The molecule has 0 aliphatic rings. The molecule has 3 N–H and O–H groups in total. The molecule has 9 nitrogen and oxygen atoms in total. The van der Waals surface area contributed by atoms with Gasteiger partial charge < -0.3 is 20.1 Å². The van der Waals surface area contributed by atoms with Crippen LogP contribution < -0.4 is 5.73 Å². The number of rotatable bonds is 31. The summed E-state index contributed by atoms with van der Waals surface area (Å²) in [6, 6.07) is 0. The van der Waals surface area contributed by atoms with Crippen LogP contribution in [-0.4, -0.2) is 49.3 Å². The highest BCUT2D eigenvalue weighted by Crippen LogP contribution is 2.43. The largest absolute Gasteiger partial charge is 0.472 e. The second-order valence-electron chi connectivity index (χ2n) is 11.0. The number of hydrogen-bond donors (Lipinski definition) is 2. The van der Waals surface area contributed by atoms with E-state index in [1.54, 1.807) is 0 Å². The van der Waals surface area contributed by atoms with Crippen LogP contribution in [0.4, 0.5) is 0 Å². The summed E-state index contributed by atoms with van der Waals surface area (Å²) in [7, 11) is -4.37. The Kier molecular flexibility index (Phi) is 30.5. The first-order chi connectivity index (χ1) is 21.8. The number of carbonyl (C=O) groups is 2. The van der Waals surface area contributed by atoms with E-state index < -0.39 is 32.5 Å². The van der Waals surface area contributed by atoms with E-state index in [1.807, 2.05) is 0 Å². The smallest absolute Gasteiger partial charge is 0.462 e. The fourth-order valence-electron chi connectivity index (χ4n) is 4.15. The number of ether oxygens (including phenoxy) is 2. The van der Waals surface area contributed by atoms with Crippen molar-refractivity contribution in [3.63, 3.8) is 0 Å². The van der Waals surface area contributed by atoms with Crippen LogP contribution in [0.1, 0.15) is 129 Å². The van der Waals surface area contributed by atoms with Gasteiger partial charge in [0.2, 0.25) is 0 Å². The summed E-state index contributed by atoms with van der Waals surface area (Å²) in [5, 5.41) is 0. The Balaban J connectivity index is 4.32. The van der Waals surface area contributed by atoms with Gasteiger partial charge in [-0.05, 0) is 51.4 Å². The van der Waals surface area contributed by atoms with Gasteiger partial charge in [-0.1, -0.05) is 114 Å². The van der Waals surface area contributed by atoms with Gasteiger partial charge in [-0.25, -0.2) is 4.57 Å². The minimum absolute atomic E-state index is 0.0465. The molecule has 0 saturated heterocycles. The van der Waals surface area contributed by atoms with Gasteiger partial charge in [0.15, 0.2) is 6.10 Å². The maximum atomic E-state index is 12.4. The zero-order valence-electron chi connectivity index (χ0n) is 28.1. The van der Waals surface area contributed by atoms with Crippen molar-refractivity contribution >= 4 is 19.8 Å². The van der Waals surface area contributed by atoms with E-state index >= 15 is 0 Å². The minimum Gasteiger partial charge on any atom is -0.462 e. The van der Waals surface area contributed by atoms with Crippen molar-refractivity contribution in [1.82, 2.24) is 0 Å². The van der Waals surface area contributed by atoms with Crippen molar-refractivity contribution in [2.45, 2.75) is 136 Å². The molecule has 260 valence electrons. The van der Waals surface area contributed by atoms with Crippen molar-refractivity contribution in [2.24, 2.45) is 5.73 Å². The summed E-state index contributed by atoms with van der Waals surface area (Å²) in [5.74, 6) is -0.878. The van der Waals surface area contributed by atoms with Crippen LogP contribution in [0.3, 0.4) is 0 Å². The number of unbranched alkanes of at least 4 members (excludes halogenated alkanes) is 10. The maximum absolute atomic E-state index is 12.4. The SMILES string of the molecule is CCC/C=C/C/C=C/C/C=C/C/C=C/CCCCCC(=O)O[C@H](COC(=O)CCCCCCCCC)COP(=O)(O)OCCN. The van der Waals surface area contributed by atoms with E-state index in [0.29, 0.717) is 6.42 Å². The average molecular weight is 656 g/mol. The van der Waals surface area contributed by atoms with Crippen molar-refractivity contribution in [3.05, 3.63) is 48.6 Å². The summed E-state index contributed by atoms with van der Waals surface area (Å²) >= 11 is 0. The normalized spacial score (nSPS) is 14.1. The number of allylic oxidation sites excluding steroid dienone is 8. The fraction of sp³-hybridized carbons (Fsp3) is 0.714. The molecule has 2 atom stereocenters. The molecule has 0 bridgehead atoms. The first kappa shape index (κ1) is 43.0. The Morgan fingerprint density at radius 3 is 1.80 bits per heavy atom. The maximum Gasteiger partial charge on any atom is 0.472 e. The molecule has 0 rings (SSSR count). The third kappa shape index (κ3) is 31.7. The summed E-state index contributed by atoms with van der Waals surface area (Å²) in [6.07, 6.45) is 33.0. The fourth-order valence-corrected chi connectivity index (χ4v) is 4.92. The van der Waals surface area contributed by atoms with Gasteiger partial charge in [0.1, 0.15) is 6.61 Å². The Labute approximate surface area is 273 Å². The van der Waals surface area contributed by atoms with Crippen molar-refractivity contribution in [1.29, 1.82) is 0 Å². The van der Waals surface area contributed by atoms with Gasteiger partial charge in [-0.2, -0.15) is 0 Å². The van der Waals surface area contributed by atoms with Gasteiger partial charge >= 0.3 is 19.8 Å². The van der Waals surface area contributed by atoms with Crippen LogP contribution in [0.15, 0.2) is 48.6 Å². The number of hydrogen-bond acceptors (Lipinski definition) is 8. The third-order valence-electron chi connectivity index (χ3n) is 6.70. The molecular formula is C35H62NO8P. The van der Waals surface area contributed by atoms with Crippen molar-refractivity contribution in [3.8, 4) is 0 Å². The molecule has 0 aromatic heterocycles. The highest BCUT2D eigenvalue weighted by molar-refractivity contribution is 7.47. The molecule has 1 unspecified atom stereocenters. The van der Waals surface area contributed by atoms with Gasteiger partial charge in [0.05, 0.1) is 13.2 Å². The van der Waals surface area contributed by atoms with E-state index in [-0.39, 0.29) is 32.6 Å². The standard InChI is InChI=1S/C35H62NO8P/c1-3-5-7-9-11-12-13-14-15-16-17-18-19-20-22-24-26-28-35(38)44-33(32-43-45(39,40)42-30-29-36)31-41-34(37)27-25-23-21-10-8-6-4-2/h7,9,12-13,15-16,18-19,33H,3-6,8,10-11,14,17,20-32,36H2,1-2H3,(H,39,40)/b9-7+,13-12+,16-15+,19-18+/t33-/m1/s1. The summed E-state index contributed by atoms with van der Waals surface area (Å²) in [4.78, 5) is 34.4. The molecule has 0 amide bonds. The van der Waals surface area contributed by atoms with Gasteiger partial charge in [0, 0.05) is 19.4 Å². The molecule has 45 heavy (non-hydrogen) atoms.